The van der Waals surface area contributed by atoms with Crippen LogP contribution < -0.4 is 10.1 Å². The number of alkyl halides is 3. The molecule has 0 aliphatic carbocycles. The number of benzene rings is 1. The highest BCUT2D eigenvalue weighted by atomic mass is 35.5. The van der Waals surface area contributed by atoms with E-state index in [2.05, 4.69) is 20.1 Å². The molecule has 10 heteroatoms. The van der Waals surface area contributed by atoms with E-state index in [9.17, 15) is 18.0 Å². The SMILES string of the molecule is O=C(NCc1ccc(OC(F)(F)F)cc1Cl)c1ccc2ncnn2c1. The van der Waals surface area contributed by atoms with Crippen molar-refractivity contribution in [3.8, 4) is 5.75 Å². The number of halogens is 4. The van der Waals surface area contributed by atoms with Crippen molar-refractivity contribution in [2.75, 3.05) is 0 Å². The van der Waals surface area contributed by atoms with Gasteiger partial charge < -0.3 is 10.1 Å². The number of rotatable bonds is 4. The fraction of sp³-hybridized carbons (Fsp3) is 0.133. The molecule has 130 valence electrons. The first-order chi connectivity index (χ1) is 11.8. The van der Waals surface area contributed by atoms with Crippen LogP contribution in [0.15, 0.2) is 42.9 Å². The molecular formula is C15H10ClF3N4O2. The zero-order chi connectivity index (χ0) is 18.0. The van der Waals surface area contributed by atoms with Crippen molar-refractivity contribution in [2.45, 2.75) is 12.9 Å². The number of fused-ring (bicyclic) bond motifs is 1. The highest BCUT2D eigenvalue weighted by Crippen LogP contribution is 2.27. The molecule has 0 atom stereocenters. The zero-order valence-corrected chi connectivity index (χ0v) is 13.2. The van der Waals surface area contributed by atoms with Crippen molar-refractivity contribution in [1.29, 1.82) is 0 Å². The van der Waals surface area contributed by atoms with Crippen molar-refractivity contribution < 1.29 is 22.7 Å². The number of nitrogens with zero attached hydrogens (tertiary/aromatic N) is 3. The van der Waals surface area contributed by atoms with Gasteiger partial charge in [-0.1, -0.05) is 17.7 Å². The second kappa shape index (κ2) is 6.60. The molecule has 0 spiro atoms. The fourth-order valence-electron chi connectivity index (χ4n) is 2.10. The molecule has 0 aliphatic heterocycles. The third-order valence-corrected chi connectivity index (χ3v) is 3.59. The number of hydrogen-bond donors (Lipinski definition) is 1. The Kier molecular flexibility index (Phi) is 4.49. The molecule has 0 unspecified atom stereocenters. The van der Waals surface area contributed by atoms with Crippen molar-refractivity contribution in [3.05, 3.63) is 59.0 Å². The molecule has 6 nitrogen and oxygen atoms in total. The lowest BCUT2D eigenvalue weighted by Gasteiger charge is -2.11. The van der Waals surface area contributed by atoms with E-state index in [1.807, 2.05) is 0 Å². The molecule has 1 N–H and O–H groups in total. The Morgan fingerprint density at radius 1 is 1.28 bits per heavy atom. The standard InChI is InChI=1S/C15H10ClF3N4O2/c16-12-5-11(25-15(17,18)19)3-1-9(12)6-20-14(24)10-2-4-13-21-8-22-23(13)7-10/h1-5,7-8H,6H2,(H,20,24). The second-order valence-electron chi connectivity index (χ2n) is 4.96. The third kappa shape index (κ3) is 4.18. The molecule has 2 aromatic heterocycles. The Morgan fingerprint density at radius 3 is 2.80 bits per heavy atom. The maximum atomic E-state index is 12.2. The molecule has 3 rings (SSSR count). The molecule has 0 fully saturated rings. The summed E-state index contributed by atoms with van der Waals surface area (Å²) in [5, 5.41) is 6.61. The first-order valence-corrected chi connectivity index (χ1v) is 7.31. The number of amides is 1. The summed E-state index contributed by atoms with van der Waals surface area (Å²) in [5.74, 6) is -0.812. The molecule has 0 radical (unpaired) electrons. The van der Waals surface area contributed by atoms with E-state index in [0.717, 1.165) is 12.1 Å². The molecule has 0 aliphatic rings. The van der Waals surface area contributed by atoms with Gasteiger partial charge in [-0.25, -0.2) is 9.50 Å². The van der Waals surface area contributed by atoms with Crippen LogP contribution in [0.2, 0.25) is 5.02 Å². The first kappa shape index (κ1) is 17.0. The van der Waals surface area contributed by atoms with Gasteiger partial charge in [0.25, 0.3) is 5.91 Å². The summed E-state index contributed by atoms with van der Waals surface area (Å²) in [6.45, 7) is 0.0410. The fourth-order valence-corrected chi connectivity index (χ4v) is 2.33. The second-order valence-corrected chi connectivity index (χ2v) is 5.37. The van der Waals surface area contributed by atoms with Gasteiger partial charge in [-0.05, 0) is 29.8 Å². The van der Waals surface area contributed by atoms with Gasteiger partial charge in [0, 0.05) is 17.8 Å². The van der Waals surface area contributed by atoms with Crippen LogP contribution in [0.1, 0.15) is 15.9 Å². The van der Waals surface area contributed by atoms with Gasteiger partial charge in [-0.3, -0.25) is 4.79 Å². The summed E-state index contributed by atoms with van der Waals surface area (Å²) >= 11 is 5.93. The highest BCUT2D eigenvalue weighted by Gasteiger charge is 2.31. The molecule has 0 saturated heterocycles. The maximum Gasteiger partial charge on any atom is 0.573 e. The van der Waals surface area contributed by atoms with E-state index in [1.54, 1.807) is 12.1 Å². The normalized spacial score (nSPS) is 11.5. The molecule has 3 aromatic rings. The summed E-state index contributed by atoms with van der Waals surface area (Å²) < 4.78 is 41.7. The van der Waals surface area contributed by atoms with E-state index in [1.165, 1.54) is 23.1 Å². The predicted octanol–water partition coefficient (Wildman–Crippen LogP) is 3.21. The topological polar surface area (TPSA) is 68.5 Å². The lowest BCUT2D eigenvalue weighted by atomic mass is 10.2. The van der Waals surface area contributed by atoms with Gasteiger partial charge in [-0.2, -0.15) is 5.10 Å². The Balaban J connectivity index is 1.67. The molecule has 25 heavy (non-hydrogen) atoms. The number of pyridine rings is 1. The van der Waals surface area contributed by atoms with Crippen molar-refractivity contribution >= 4 is 23.2 Å². The summed E-state index contributed by atoms with van der Waals surface area (Å²) in [5.41, 5.74) is 1.40. The van der Waals surface area contributed by atoms with Crippen LogP contribution in [0, 0.1) is 0 Å². The smallest absolute Gasteiger partial charge is 0.406 e. The average Bonchev–Trinajstić information content (AvgIpc) is 2.99. The molecule has 0 saturated carbocycles. The van der Waals surface area contributed by atoms with Crippen molar-refractivity contribution in [2.24, 2.45) is 0 Å². The largest absolute Gasteiger partial charge is 0.573 e. The predicted molar refractivity (Wildman–Crippen MR) is 82.3 cm³/mol. The first-order valence-electron chi connectivity index (χ1n) is 6.93. The molecule has 1 aromatic carbocycles. The number of aromatic nitrogens is 3. The summed E-state index contributed by atoms with van der Waals surface area (Å²) in [4.78, 5) is 16.1. The number of carbonyl (C=O) groups excluding carboxylic acids is 1. The summed E-state index contributed by atoms with van der Waals surface area (Å²) in [7, 11) is 0. The maximum absolute atomic E-state index is 12.2. The van der Waals surface area contributed by atoms with E-state index in [-0.39, 0.29) is 17.5 Å². The minimum Gasteiger partial charge on any atom is -0.406 e. The van der Waals surface area contributed by atoms with Crippen LogP contribution in [0.4, 0.5) is 13.2 Å². The molecule has 2 heterocycles. The number of hydrogen-bond acceptors (Lipinski definition) is 4. The van der Waals surface area contributed by atoms with Crippen molar-refractivity contribution in [1.82, 2.24) is 19.9 Å². The zero-order valence-electron chi connectivity index (χ0n) is 12.4. The summed E-state index contributed by atoms with van der Waals surface area (Å²) in [6, 6.07) is 6.74. The van der Waals surface area contributed by atoms with Gasteiger partial charge in [0.1, 0.15) is 12.1 Å². The molecular weight excluding hydrogens is 361 g/mol. The summed E-state index contributed by atoms with van der Waals surface area (Å²) in [6.07, 6.45) is -1.92. The quantitative estimate of drug-likeness (QED) is 0.765. The van der Waals surface area contributed by atoms with Gasteiger partial charge >= 0.3 is 6.36 Å². The van der Waals surface area contributed by atoms with Crippen LogP contribution in [0.3, 0.4) is 0 Å². The van der Waals surface area contributed by atoms with Crippen LogP contribution in [-0.2, 0) is 6.54 Å². The van der Waals surface area contributed by atoms with Gasteiger partial charge in [0.15, 0.2) is 5.65 Å². The number of ether oxygens (including phenoxy) is 1. The van der Waals surface area contributed by atoms with Crippen LogP contribution in [0.25, 0.3) is 5.65 Å². The third-order valence-electron chi connectivity index (χ3n) is 3.23. The van der Waals surface area contributed by atoms with E-state index in [0.29, 0.717) is 16.8 Å². The Bertz CT molecular complexity index is 927. The Morgan fingerprint density at radius 2 is 2.08 bits per heavy atom. The van der Waals surface area contributed by atoms with Gasteiger partial charge in [-0.15, -0.1) is 13.2 Å². The number of carbonyl (C=O) groups is 1. The average molecular weight is 371 g/mol. The highest BCUT2D eigenvalue weighted by molar-refractivity contribution is 6.31. The molecule has 1 amide bonds. The Labute approximate surface area is 144 Å². The molecule has 0 bridgehead atoms. The lowest BCUT2D eigenvalue weighted by molar-refractivity contribution is -0.274. The van der Waals surface area contributed by atoms with E-state index < -0.39 is 12.1 Å². The lowest BCUT2D eigenvalue weighted by Crippen LogP contribution is -2.23. The van der Waals surface area contributed by atoms with Crippen molar-refractivity contribution in [3.63, 3.8) is 0 Å². The van der Waals surface area contributed by atoms with E-state index in [4.69, 9.17) is 11.6 Å². The monoisotopic (exact) mass is 370 g/mol. The Hall–Kier alpha value is -2.81. The minimum absolute atomic E-state index is 0.0410. The van der Waals surface area contributed by atoms with Crippen LogP contribution >= 0.6 is 11.6 Å². The van der Waals surface area contributed by atoms with Gasteiger partial charge in [0.05, 0.1) is 5.56 Å². The van der Waals surface area contributed by atoms with Crippen LogP contribution in [0.5, 0.6) is 5.75 Å². The van der Waals surface area contributed by atoms with Gasteiger partial charge in [0.2, 0.25) is 0 Å². The van der Waals surface area contributed by atoms with Crippen LogP contribution in [-0.4, -0.2) is 26.9 Å². The van der Waals surface area contributed by atoms with E-state index >= 15 is 0 Å². The minimum atomic E-state index is -4.79. The number of nitrogens with one attached hydrogen (secondary N) is 1.